The van der Waals surface area contributed by atoms with Crippen LogP contribution in [0.25, 0.3) is 11.2 Å². The molecule has 0 radical (unpaired) electrons. The van der Waals surface area contributed by atoms with Crippen molar-refractivity contribution >= 4 is 11.2 Å². The third-order valence-electron chi connectivity index (χ3n) is 3.20. The lowest BCUT2D eigenvalue weighted by Crippen LogP contribution is -2.21. The fraction of sp³-hybridized carbons (Fsp3) is 0.500. The Bertz CT molecular complexity index is 438. The average Bonchev–Trinajstić information content (AvgIpc) is 2.95. The second-order valence-corrected chi connectivity index (χ2v) is 4.39. The van der Waals surface area contributed by atoms with Crippen molar-refractivity contribution in [2.45, 2.75) is 31.7 Å². The number of nitrogens with zero attached hydrogens (tertiary/aromatic N) is 2. The zero-order valence-electron chi connectivity index (χ0n) is 9.24. The predicted octanol–water partition coefficient (Wildman–Crippen LogP) is 1.64. The molecule has 0 saturated carbocycles. The van der Waals surface area contributed by atoms with Crippen molar-refractivity contribution in [1.29, 1.82) is 0 Å². The van der Waals surface area contributed by atoms with E-state index in [1.54, 1.807) is 6.20 Å². The number of imidazole rings is 1. The first kappa shape index (κ1) is 9.78. The van der Waals surface area contributed by atoms with E-state index in [9.17, 15) is 0 Å². The minimum atomic E-state index is 0.682. The Balaban J connectivity index is 1.69. The topological polar surface area (TPSA) is 53.6 Å². The number of aromatic amines is 1. The lowest BCUT2D eigenvalue weighted by atomic mass is 10.1. The maximum Gasteiger partial charge on any atom is 0.177 e. The van der Waals surface area contributed by atoms with Crippen molar-refractivity contribution in [2.75, 3.05) is 6.54 Å². The van der Waals surface area contributed by atoms with Crippen molar-refractivity contribution in [2.24, 2.45) is 0 Å². The van der Waals surface area contributed by atoms with E-state index in [1.165, 1.54) is 25.8 Å². The lowest BCUT2D eigenvalue weighted by Gasteiger charge is -2.07. The van der Waals surface area contributed by atoms with Gasteiger partial charge in [0.05, 0.1) is 5.52 Å². The van der Waals surface area contributed by atoms with Gasteiger partial charge in [-0.25, -0.2) is 9.97 Å². The molecule has 2 N–H and O–H groups in total. The Morgan fingerprint density at radius 1 is 1.44 bits per heavy atom. The summed E-state index contributed by atoms with van der Waals surface area (Å²) in [6, 6.07) is 4.64. The summed E-state index contributed by atoms with van der Waals surface area (Å²) in [6.07, 6.45) is 6.57. The number of fused-ring (bicyclic) bond motifs is 1. The number of nitrogens with one attached hydrogen (secondary N) is 2. The third kappa shape index (κ3) is 1.93. The van der Waals surface area contributed by atoms with Gasteiger partial charge in [0.15, 0.2) is 5.65 Å². The van der Waals surface area contributed by atoms with Gasteiger partial charge >= 0.3 is 0 Å². The minimum absolute atomic E-state index is 0.682. The molecule has 3 heterocycles. The second kappa shape index (κ2) is 4.22. The quantitative estimate of drug-likeness (QED) is 0.820. The fourth-order valence-electron chi connectivity index (χ4n) is 2.33. The Labute approximate surface area is 94.5 Å². The van der Waals surface area contributed by atoms with Gasteiger partial charge in [0.25, 0.3) is 0 Å². The molecule has 0 aromatic carbocycles. The number of hydrogen-bond acceptors (Lipinski definition) is 3. The highest BCUT2D eigenvalue weighted by Gasteiger charge is 2.14. The van der Waals surface area contributed by atoms with Crippen LogP contribution in [0.1, 0.15) is 25.1 Å². The molecule has 1 saturated heterocycles. The first-order valence-electron chi connectivity index (χ1n) is 5.95. The van der Waals surface area contributed by atoms with Crippen LogP contribution < -0.4 is 5.32 Å². The molecular weight excluding hydrogens is 200 g/mol. The molecule has 2 aromatic rings. The van der Waals surface area contributed by atoms with Crippen LogP contribution in [0.4, 0.5) is 0 Å². The van der Waals surface area contributed by atoms with Gasteiger partial charge in [-0.1, -0.05) is 0 Å². The summed E-state index contributed by atoms with van der Waals surface area (Å²) in [5, 5.41) is 3.50. The summed E-state index contributed by atoms with van der Waals surface area (Å²) in [6.45, 7) is 1.17. The van der Waals surface area contributed by atoms with Crippen molar-refractivity contribution in [3.05, 3.63) is 24.2 Å². The van der Waals surface area contributed by atoms with Crippen LogP contribution in [0, 0.1) is 0 Å². The largest absolute Gasteiger partial charge is 0.341 e. The second-order valence-electron chi connectivity index (χ2n) is 4.39. The van der Waals surface area contributed by atoms with Gasteiger partial charge in [-0.3, -0.25) is 0 Å². The van der Waals surface area contributed by atoms with Crippen LogP contribution in [0.15, 0.2) is 18.3 Å². The molecular formula is C12H16N4. The van der Waals surface area contributed by atoms with Crippen molar-refractivity contribution in [3.8, 4) is 0 Å². The molecule has 1 aliphatic heterocycles. The zero-order chi connectivity index (χ0) is 10.8. The van der Waals surface area contributed by atoms with E-state index in [-0.39, 0.29) is 0 Å². The average molecular weight is 216 g/mol. The van der Waals surface area contributed by atoms with Crippen LogP contribution >= 0.6 is 0 Å². The maximum atomic E-state index is 4.48. The Morgan fingerprint density at radius 3 is 3.25 bits per heavy atom. The summed E-state index contributed by atoms with van der Waals surface area (Å²) in [5.74, 6) is 1.06. The normalized spacial score (nSPS) is 20.6. The van der Waals surface area contributed by atoms with Gasteiger partial charge < -0.3 is 10.3 Å². The number of hydrogen-bond donors (Lipinski definition) is 2. The molecule has 84 valence electrons. The molecule has 0 spiro atoms. The smallest absolute Gasteiger partial charge is 0.177 e. The molecule has 4 nitrogen and oxygen atoms in total. The molecule has 4 heteroatoms. The SMILES string of the molecule is c1cnc2nc(CCC3CCCN3)[nH]c2c1. The first-order chi connectivity index (χ1) is 7.92. The molecule has 0 bridgehead atoms. The van der Waals surface area contributed by atoms with Crippen molar-refractivity contribution < 1.29 is 0 Å². The van der Waals surface area contributed by atoms with E-state index >= 15 is 0 Å². The molecule has 1 fully saturated rings. The maximum absolute atomic E-state index is 4.48. The molecule has 0 aliphatic carbocycles. The summed E-state index contributed by atoms with van der Waals surface area (Å²) in [4.78, 5) is 12.0. The summed E-state index contributed by atoms with van der Waals surface area (Å²) in [7, 11) is 0. The van der Waals surface area contributed by atoms with Crippen molar-refractivity contribution in [3.63, 3.8) is 0 Å². The molecule has 1 aliphatic rings. The van der Waals surface area contributed by atoms with E-state index in [0.717, 1.165) is 23.4 Å². The zero-order valence-corrected chi connectivity index (χ0v) is 9.24. The van der Waals surface area contributed by atoms with E-state index in [1.807, 2.05) is 12.1 Å². The number of pyridine rings is 1. The first-order valence-corrected chi connectivity index (χ1v) is 5.95. The van der Waals surface area contributed by atoms with Crippen LogP contribution in [0.3, 0.4) is 0 Å². The third-order valence-corrected chi connectivity index (χ3v) is 3.20. The molecule has 0 amide bonds. The van der Waals surface area contributed by atoms with E-state index in [0.29, 0.717) is 6.04 Å². The lowest BCUT2D eigenvalue weighted by molar-refractivity contribution is 0.552. The highest BCUT2D eigenvalue weighted by molar-refractivity contribution is 5.69. The summed E-state index contributed by atoms with van der Waals surface area (Å²) in [5.41, 5.74) is 1.87. The van der Waals surface area contributed by atoms with Crippen molar-refractivity contribution in [1.82, 2.24) is 20.3 Å². The van der Waals surface area contributed by atoms with Crippen LogP contribution in [0.5, 0.6) is 0 Å². The van der Waals surface area contributed by atoms with Crippen LogP contribution in [-0.4, -0.2) is 27.5 Å². The van der Waals surface area contributed by atoms with E-state index < -0.39 is 0 Å². The number of aryl methyl sites for hydroxylation is 1. The highest BCUT2D eigenvalue weighted by atomic mass is 15.0. The monoisotopic (exact) mass is 216 g/mol. The van der Waals surface area contributed by atoms with E-state index in [2.05, 4.69) is 20.3 Å². The van der Waals surface area contributed by atoms with Gasteiger partial charge in [0.2, 0.25) is 0 Å². The fourth-order valence-corrected chi connectivity index (χ4v) is 2.33. The molecule has 3 rings (SSSR count). The van der Waals surface area contributed by atoms with Gasteiger partial charge in [-0.05, 0) is 37.9 Å². The Kier molecular flexibility index (Phi) is 2.58. The van der Waals surface area contributed by atoms with Gasteiger partial charge in [-0.15, -0.1) is 0 Å². The Hall–Kier alpha value is -1.42. The number of aromatic nitrogens is 3. The van der Waals surface area contributed by atoms with Gasteiger partial charge in [0.1, 0.15) is 5.82 Å². The Morgan fingerprint density at radius 2 is 2.44 bits per heavy atom. The van der Waals surface area contributed by atoms with Crippen LogP contribution in [-0.2, 0) is 6.42 Å². The highest BCUT2D eigenvalue weighted by Crippen LogP contribution is 2.13. The summed E-state index contributed by atoms with van der Waals surface area (Å²) < 4.78 is 0. The standard InChI is InChI=1S/C12H16N4/c1-3-9(13-7-1)5-6-11-15-10-4-2-8-14-12(10)16-11/h2,4,8-9,13H,1,3,5-7H2,(H,14,15,16). The molecule has 1 unspecified atom stereocenters. The van der Waals surface area contributed by atoms with Crippen LogP contribution in [0.2, 0.25) is 0 Å². The molecule has 1 atom stereocenters. The summed E-state index contributed by atoms with van der Waals surface area (Å²) >= 11 is 0. The number of H-pyrrole nitrogens is 1. The predicted molar refractivity (Wildman–Crippen MR) is 63.2 cm³/mol. The van der Waals surface area contributed by atoms with Gasteiger partial charge in [0, 0.05) is 18.7 Å². The number of rotatable bonds is 3. The molecule has 2 aromatic heterocycles. The van der Waals surface area contributed by atoms with Gasteiger partial charge in [-0.2, -0.15) is 0 Å². The molecule has 16 heavy (non-hydrogen) atoms. The minimum Gasteiger partial charge on any atom is -0.341 e. The van der Waals surface area contributed by atoms with E-state index in [4.69, 9.17) is 0 Å².